The van der Waals surface area contributed by atoms with Gasteiger partial charge >= 0.3 is 0 Å². The second-order valence-corrected chi connectivity index (χ2v) is 10.7. The third kappa shape index (κ3) is 4.83. The van der Waals surface area contributed by atoms with E-state index in [9.17, 15) is 4.79 Å². The summed E-state index contributed by atoms with van der Waals surface area (Å²) in [6, 6.07) is 9.43. The van der Waals surface area contributed by atoms with E-state index in [0.29, 0.717) is 39.7 Å². The van der Waals surface area contributed by atoms with Crippen molar-refractivity contribution >= 4 is 39.3 Å². The molecule has 1 aliphatic heterocycles. The van der Waals surface area contributed by atoms with E-state index in [-0.39, 0.29) is 11.9 Å². The maximum Gasteiger partial charge on any atom is 0.272 e. The number of aromatic amines is 1. The highest BCUT2D eigenvalue weighted by molar-refractivity contribution is 6.07. The molecule has 1 amide bonds. The van der Waals surface area contributed by atoms with Crippen LogP contribution in [0, 0.1) is 0 Å². The Balaban J connectivity index is 1.17. The molecule has 1 fully saturated rings. The van der Waals surface area contributed by atoms with Crippen LogP contribution in [0.5, 0.6) is 5.75 Å². The summed E-state index contributed by atoms with van der Waals surface area (Å²) in [5.41, 5.74) is 11.6. The first-order chi connectivity index (χ1) is 21.0. The standard InChI is InChI=1S/C30H31N11O2/c1-39-23-5-8-32-13-19(23)11-24(39)30(42)37-22-4-3-18(12-25(22)43-2)27-26-28(31)35-17-36-29(26)41(38-27)21-6-9-40(10-7-21)15-20-14-33-16-34-20/h3-5,8,11-14,16-17,21H,6-7,9-10,15H2,1-2H3,(H,33,34)(H,37,42)(H2,31,35,36). The van der Waals surface area contributed by atoms with Crippen LogP contribution in [0.25, 0.3) is 33.2 Å². The highest BCUT2D eigenvalue weighted by Crippen LogP contribution is 2.37. The Labute approximate surface area is 246 Å². The number of hydrogen-bond acceptors (Lipinski definition) is 9. The summed E-state index contributed by atoms with van der Waals surface area (Å²) in [5, 5.41) is 9.63. The van der Waals surface area contributed by atoms with Crippen LogP contribution in [-0.4, -0.2) is 70.3 Å². The van der Waals surface area contributed by atoms with E-state index < -0.39 is 0 Å². The Morgan fingerprint density at radius 3 is 2.77 bits per heavy atom. The quantitative estimate of drug-likeness (QED) is 0.257. The van der Waals surface area contributed by atoms with Gasteiger partial charge in [0.25, 0.3) is 5.91 Å². The number of hydrogen-bond donors (Lipinski definition) is 3. The van der Waals surface area contributed by atoms with Gasteiger partial charge in [0.05, 0.1) is 36.1 Å². The van der Waals surface area contributed by atoms with E-state index in [2.05, 4.69) is 35.1 Å². The largest absolute Gasteiger partial charge is 0.495 e. The fourth-order valence-electron chi connectivity index (χ4n) is 5.92. The third-order valence-electron chi connectivity index (χ3n) is 8.17. The van der Waals surface area contributed by atoms with Gasteiger partial charge in [-0.15, -0.1) is 0 Å². The van der Waals surface area contributed by atoms with Gasteiger partial charge in [-0.05, 0) is 37.1 Å². The van der Waals surface area contributed by atoms with E-state index >= 15 is 0 Å². The van der Waals surface area contributed by atoms with Crippen molar-refractivity contribution in [2.75, 3.05) is 31.2 Å². The first-order valence-corrected chi connectivity index (χ1v) is 14.1. The predicted octanol–water partition coefficient (Wildman–Crippen LogP) is 3.78. The maximum atomic E-state index is 13.3. The van der Waals surface area contributed by atoms with Crippen molar-refractivity contribution in [3.8, 4) is 17.0 Å². The van der Waals surface area contributed by atoms with Gasteiger partial charge in [-0.1, -0.05) is 6.07 Å². The summed E-state index contributed by atoms with van der Waals surface area (Å²) in [4.78, 5) is 36.0. The molecule has 0 spiro atoms. The van der Waals surface area contributed by atoms with Gasteiger partial charge in [0.1, 0.15) is 29.3 Å². The number of ether oxygens (including phenoxy) is 1. The van der Waals surface area contributed by atoms with Crippen molar-refractivity contribution in [2.45, 2.75) is 25.4 Å². The van der Waals surface area contributed by atoms with Crippen molar-refractivity contribution < 1.29 is 9.53 Å². The Bertz CT molecular complexity index is 1940. The summed E-state index contributed by atoms with van der Waals surface area (Å²) in [7, 11) is 3.43. The predicted molar refractivity (Wildman–Crippen MR) is 163 cm³/mol. The number of nitrogens with one attached hydrogen (secondary N) is 2. The fraction of sp³-hybridized carbons (Fsp3) is 0.267. The summed E-state index contributed by atoms with van der Waals surface area (Å²) >= 11 is 0. The minimum atomic E-state index is -0.254. The van der Waals surface area contributed by atoms with Gasteiger partial charge in [-0.25, -0.2) is 19.6 Å². The van der Waals surface area contributed by atoms with Crippen LogP contribution in [0.15, 0.2) is 61.6 Å². The molecule has 1 aliphatic rings. The third-order valence-corrected chi connectivity index (χ3v) is 8.17. The first-order valence-electron chi connectivity index (χ1n) is 14.1. The first kappa shape index (κ1) is 26.6. The Morgan fingerprint density at radius 2 is 2.00 bits per heavy atom. The number of H-pyrrole nitrogens is 1. The van der Waals surface area contributed by atoms with E-state index in [4.69, 9.17) is 15.6 Å². The molecule has 0 saturated carbocycles. The normalized spacial score (nSPS) is 14.5. The van der Waals surface area contributed by atoms with Crippen LogP contribution < -0.4 is 15.8 Å². The van der Waals surface area contributed by atoms with Crippen molar-refractivity contribution in [3.63, 3.8) is 0 Å². The van der Waals surface area contributed by atoms with Crippen molar-refractivity contribution in [1.29, 1.82) is 0 Å². The van der Waals surface area contributed by atoms with Crippen LogP contribution >= 0.6 is 0 Å². The van der Waals surface area contributed by atoms with Gasteiger partial charge in [-0.2, -0.15) is 5.10 Å². The number of carbonyl (C=O) groups excluding carboxylic acids is 1. The summed E-state index contributed by atoms with van der Waals surface area (Å²) < 4.78 is 9.55. The summed E-state index contributed by atoms with van der Waals surface area (Å²) in [6.07, 6.45) is 10.4. The lowest BCUT2D eigenvalue weighted by molar-refractivity contribution is 0.101. The molecule has 0 unspecified atom stereocenters. The Morgan fingerprint density at radius 1 is 1.14 bits per heavy atom. The van der Waals surface area contributed by atoms with Crippen LogP contribution in [0.4, 0.5) is 11.5 Å². The van der Waals surface area contributed by atoms with E-state index in [1.54, 1.807) is 25.8 Å². The minimum absolute atomic E-state index is 0.167. The van der Waals surface area contributed by atoms with Crippen molar-refractivity contribution in [2.24, 2.45) is 7.05 Å². The molecule has 43 heavy (non-hydrogen) atoms. The zero-order chi connectivity index (χ0) is 29.5. The second-order valence-electron chi connectivity index (χ2n) is 10.7. The molecular formula is C30H31N11O2. The molecule has 0 atom stereocenters. The van der Waals surface area contributed by atoms with Crippen LogP contribution in [0.3, 0.4) is 0 Å². The monoisotopic (exact) mass is 577 g/mol. The number of anilines is 2. The van der Waals surface area contributed by atoms with Crippen LogP contribution in [-0.2, 0) is 13.6 Å². The highest BCUT2D eigenvalue weighted by atomic mass is 16.5. The van der Waals surface area contributed by atoms with Gasteiger partial charge in [0, 0.05) is 61.9 Å². The molecule has 0 bridgehead atoms. The van der Waals surface area contributed by atoms with Crippen molar-refractivity contribution in [3.05, 3.63) is 73.0 Å². The molecule has 0 aliphatic carbocycles. The number of nitrogen functional groups attached to an aromatic ring is 1. The average Bonchev–Trinajstić information content (AvgIpc) is 3.77. The van der Waals surface area contributed by atoms with Crippen molar-refractivity contribution in [1.82, 2.24) is 44.2 Å². The number of amides is 1. The number of aryl methyl sites for hydroxylation is 1. The molecule has 1 saturated heterocycles. The topological polar surface area (TPSA) is 158 Å². The molecule has 13 heteroatoms. The molecule has 6 heterocycles. The molecule has 0 radical (unpaired) electrons. The molecule has 4 N–H and O–H groups in total. The molecule has 218 valence electrons. The molecular weight excluding hydrogens is 546 g/mol. The van der Waals surface area contributed by atoms with Gasteiger partial charge in [-0.3, -0.25) is 14.7 Å². The minimum Gasteiger partial charge on any atom is -0.495 e. The summed E-state index contributed by atoms with van der Waals surface area (Å²) in [6.45, 7) is 2.69. The second kappa shape index (κ2) is 10.8. The summed E-state index contributed by atoms with van der Waals surface area (Å²) in [5.74, 6) is 0.608. The van der Waals surface area contributed by atoms with Crippen LogP contribution in [0.2, 0.25) is 0 Å². The zero-order valence-electron chi connectivity index (χ0n) is 23.9. The SMILES string of the molecule is COc1cc(-c2nn(C3CCN(Cc4cnc[nH]4)CC3)c3ncnc(N)c23)ccc1NC(=O)c1cc2cnccc2n1C. The maximum absolute atomic E-state index is 13.3. The number of aromatic nitrogens is 8. The number of piperidine rings is 1. The number of pyridine rings is 1. The molecule has 13 nitrogen and oxygen atoms in total. The lowest BCUT2D eigenvalue weighted by atomic mass is 10.0. The van der Waals surface area contributed by atoms with E-state index in [0.717, 1.165) is 54.6 Å². The van der Waals surface area contributed by atoms with Gasteiger partial charge < -0.3 is 25.3 Å². The van der Waals surface area contributed by atoms with E-state index in [1.165, 1.54) is 6.33 Å². The number of nitrogens with two attached hydrogens (primary N) is 1. The number of rotatable bonds is 7. The van der Waals surface area contributed by atoms with E-state index in [1.807, 2.05) is 52.8 Å². The molecule has 6 aromatic rings. The Kier molecular flexibility index (Phi) is 6.70. The number of carbonyl (C=O) groups is 1. The number of benzene rings is 1. The number of imidazole rings is 1. The van der Waals surface area contributed by atoms with Gasteiger partial charge in [0.2, 0.25) is 0 Å². The van der Waals surface area contributed by atoms with Crippen LogP contribution in [0.1, 0.15) is 35.1 Å². The lowest BCUT2D eigenvalue weighted by Crippen LogP contribution is -2.34. The molecule has 5 aromatic heterocycles. The number of methoxy groups -OCH3 is 1. The number of likely N-dealkylation sites (tertiary alicyclic amines) is 1. The highest BCUT2D eigenvalue weighted by Gasteiger charge is 2.27. The average molecular weight is 578 g/mol. The fourth-order valence-corrected chi connectivity index (χ4v) is 5.92. The Hall–Kier alpha value is -5.30. The number of nitrogens with zero attached hydrogens (tertiary/aromatic N) is 8. The molecule has 1 aromatic carbocycles. The molecule has 7 rings (SSSR count). The smallest absolute Gasteiger partial charge is 0.272 e. The lowest BCUT2D eigenvalue weighted by Gasteiger charge is -2.31. The zero-order valence-corrected chi connectivity index (χ0v) is 23.9. The van der Waals surface area contributed by atoms with Gasteiger partial charge in [0.15, 0.2) is 5.65 Å². The number of fused-ring (bicyclic) bond motifs is 2.